The highest BCUT2D eigenvalue weighted by Gasteiger charge is 2.48. The summed E-state index contributed by atoms with van der Waals surface area (Å²) in [4.78, 5) is 43.9. The van der Waals surface area contributed by atoms with E-state index in [0.717, 1.165) is 17.7 Å². The van der Waals surface area contributed by atoms with E-state index in [0.29, 0.717) is 37.7 Å². The summed E-state index contributed by atoms with van der Waals surface area (Å²) in [5.41, 5.74) is -1.25. The van der Waals surface area contributed by atoms with Crippen LogP contribution in [-0.2, 0) is 25.5 Å². The number of likely N-dealkylation sites (tertiary alicyclic amines) is 1. The predicted octanol–water partition coefficient (Wildman–Crippen LogP) is 1.07. The molecule has 148 valence electrons. The number of imide groups is 1. The van der Waals surface area contributed by atoms with Crippen molar-refractivity contribution in [2.45, 2.75) is 51.2 Å². The van der Waals surface area contributed by atoms with E-state index in [2.05, 4.69) is 10.1 Å². The highest BCUT2D eigenvalue weighted by Crippen LogP contribution is 2.31. The van der Waals surface area contributed by atoms with E-state index >= 15 is 0 Å². The van der Waals surface area contributed by atoms with Gasteiger partial charge in [0.25, 0.3) is 5.91 Å². The quantitative estimate of drug-likeness (QED) is 0.720. The zero-order chi connectivity index (χ0) is 19.6. The molecule has 1 atom stereocenters. The monoisotopic (exact) mass is 380 g/mol. The van der Waals surface area contributed by atoms with Crippen molar-refractivity contribution < 1.29 is 28.4 Å². The molecular formula is C17H24N4O6. The minimum atomic E-state index is -1.25. The molecule has 1 aromatic rings. The van der Waals surface area contributed by atoms with Gasteiger partial charge in [0.2, 0.25) is 11.8 Å². The van der Waals surface area contributed by atoms with E-state index < -0.39 is 17.6 Å². The number of piperidine rings is 1. The lowest BCUT2D eigenvalue weighted by Crippen LogP contribution is -2.47. The van der Waals surface area contributed by atoms with Gasteiger partial charge in [-0.05, 0) is 33.1 Å². The molecule has 2 aliphatic rings. The Morgan fingerprint density at radius 2 is 2.11 bits per heavy atom. The number of amides is 3. The predicted molar refractivity (Wildman–Crippen MR) is 90.5 cm³/mol. The molecule has 0 spiro atoms. The molecule has 0 unspecified atom stereocenters. The SMILES string of the molecule is COCCc1noc([C@H]2CCCCN2C(=O)CN2C(=O)OC(C)(C)C2=O)n1. The Hall–Kier alpha value is -2.49. The maximum atomic E-state index is 12.8. The van der Waals surface area contributed by atoms with Gasteiger partial charge in [-0.25, -0.2) is 9.69 Å². The van der Waals surface area contributed by atoms with Crippen LogP contribution in [0.2, 0.25) is 0 Å². The van der Waals surface area contributed by atoms with Crippen LogP contribution in [0.3, 0.4) is 0 Å². The number of hydrogen-bond donors (Lipinski definition) is 0. The molecule has 10 heteroatoms. The van der Waals surface area contributed by atoms with E-state index in [1.165, 1.54) is 13.8 Å². The fraction of sp³-hybridized carbons (Fsp3) is 0.706. The smallest absolute Gasteiger partial charge is 0.418 e. The van der Waals surface area contributed by atoms with Crippen LogP contribution in [0.15, 0.2) is 4.52 Å². The summed E-state index contributed by atoms with van der Waals surface area (Å²) in [5.74, 6) is 0.0167. The second-order valence-corrected chi connectivity index (χ2v) is 7.16. The Labute approximate surface area is 156 Å². The van der Waals surface area contributed by atoms with Gasteiger partial charge >= 0.3 is 6.09 Å². The summed E-state index contributed by atoms with van der Waals surface area (Å²) >= 11 is 0. The van der Waals surface area contributed by atoms with Crippen molar-refractivity contribution in [3.05, 3.63) is 11.7 Å². The van der Waals surface area contributed by atoms with Crippen molar-refractivity contribution in [3.63, 3.8) is 0 Å². The molecular weight excluding hydrogens is 356 g/mol. The van der Waals surface area contributed by atoms with Crippen molar-refractivity contribution in [2.24, 2.45) is 0 Å². The fourth-order valence-electron chi connectivity index (χ4n) is 3.27. The van der Waals surface area contributed by atoms with Crippen LogP contribution in [0.25, 0.3) is 0 Å². The zero-order valence-electron chi connectivity index (χ0n) is 15.8. The van der Waals surface area contributed by atoms with Crippen LogP contribution in [0.1, 0.15) is 50.9 Å². The molecule has 3 rings (SSSR count). The van der Waals surface area contributed by atoms with Gasteiger partial charge in [0, 0.05) is 20.1 Å². The molecule has 2 fully saturated rings. The minimum absolute atomic E-state index is 0.348. The van der Waals surface area contributed by atoms with Crippen LogP contribution in [0.4, 0.5) is 4.79 Å². The first-order valence-electron chi connectivity index (χ1n) is 8.99. The first-order chi connectivity index (χ1) is 12.8. The van der Waals surface area contributed by atoms with E-state index in [9.17, 15) is 14.4 Å². The van der Waals surface area contributed by atoms with E-state index in [4.69, 9.17) is 14.0 Å². The van der Waals surface area contributed by atoms with E-state index in [1.807, 2.05) is 0 Å². The molecule has 1 aromatic heterocycles. The summed E-state index contributed by atoms with van der Waals surface area (Å²) in [7, 11) is 1.59. The number of carbonyl (C=O) groups is 3. The maximum absolute atomic E-state index is 12.8. The number of hydrogen-bond acceptors (Lipinski definition) is 8. The average molecular weight is 380 g/mol. The van der Waals surface area contributed by atoms with Crippen LogP contribution < -0.4 is 0 Å². The molecule has 10 nitrogen and oxygen atoms in total. The lowest BCUT2D eigenvalue weighted by Gasteiger charge is -2.34. The topological polar surface area (TPSA) is 115 Å². The molecule has 0 aromatic carbocycles. The van der Waals surface area contributed by atoms with Gasteiger partial charge in [-0.15, -0.1) is 0 Å². The van der Waals surface area contributed by atoms with E-state index in [1.54, 1.807) is 12.0 Å². The summed E-state index contributed by atoms with van der Waals surface area (Å²) in [6.07, 6.45) is 2.15. The van der Waals surface area contributed by atoms with Gasteiger partial charge < -0.3 is 18.9 Å². The zero-order valence-corrected chi connectivity index (χ0v) is 15.8. The number of ether oxygens (including phenoxy) is 2. The molecule has 0 radical (unpaired) electrons. The van der Waals surface area contributed by atoms with Crippen LogP contribution in [-0.4, -0.2) is 70.3 Å². The van der Waals surface area contributed by atoms with Crippen LogP contribution >= 0.6 is 0 Å². The molecule has 0 saturated carbocycles. The largest absolute Gasteiger partial charge is 0.433 e. The van der Waals surface area contributed by atoms with Crippen molar-refractivity contribution in [1.82, 2.24) is 19.9 Å². The van der Waals surface area contributed by atoms with Crippen LogP contribution in [0.5, 0.6) is 0 Å². The lowest BCUT2D eigenvalue weighted by atomic mass is 10.0. The van der Waals surface area contributed by atoms with Crippen molar-refractivity contribution in [2.75, 3.05) is 26.8 Å². The van der Waals surface area contributed by atoms with Crippen molar-refractivity contribution >= 4 is 17.9 Å². The standard InChI is InChI=1S/C17H24N4O6/c1-17(2)15(23)21(16(24)26-17)10-13(22)20-8-5-4-6-11(20)14-18-12(19-27-14)7-9-25-3/h11H,4-10H2,1-3H3/t11-/m1/s1. The fourth-order valence-corrected chi connectivity index (χ4v) is 3.27. The molecule has 27 heavy (non-hydrogen) atoms. The van der Waals surface area contributed by atoms with Crippen LogP contribution in [0, 0.1) is 0 Å². The Balaban J connectivity index is 1.71. The third kappa shape index (κ3) is 3.95. The summed E-state index contributed by atoms with van der Waals surface area (Å²) in [6.45, 7) is 3.62. The Bertz CT molecular complexity index is 731. The average Bonchev–Trinajstić information content (AvgIpc) is 3.18. The first kappa shape index (κ1) is 19.3. The van der Waals surface area contributed by atoms with Gasteiger partial charge in [-0.1, -0.05) is 5.16 Å². The Morgan fingerprint density at radius 1 is 1.33 bits per heavy atom. The second kappa shape index (κ2) is 7.63. The van der Waals surface area contributed by atoms with Gasteiger partial charge in [0.05, 0.1) is 6.61 Å². The summed E-state index contributed by atoms with van der Waals surface area (Å²) < 4.78 is 15.4. The molecule has 0 aliphatic carbocycles. The molecule has 2 saturated heterocycles. The molecule has 0 bridgehead atoms. The number of cyclic esters (lactones) is 1. The maximum Gasteiger partial charge on any atom is 0.418 e. The molecule has 0 N–H and O–H groups in total. The van der Waals surface area contributed by atoms with Gasteiger partial charge in [0.1, 0.15) is 12.6 Å². The highest BCUT2D eigenvalue weighted by atomic mass is 16.6. The van der Waals surface area contributed by atoms with Gasteiger partial charge in [-0.3, -0.25) is 9.59 Å². The number of rotatable bonds is 6. The van der Waals surface area contributed by atoms with Crippen molar-refractivity contribution in [3.8, 4) is 0 Å². The summed E-state index contributed by atoms with van der Waals surface area (Å²) in [5, 5.41) is 3.93. The van der Waals surface area contributed by atoms with E-state index in [-0.39, 0.29) is 18.5 Å². The Morgan fingerprint density at radius 3 is 2.78 bits per heavy atom. The normalized spacial score (nSPS) is 22.3. The second-order valence-electron chi connectivity index (χ2n) is 7.16. The number of carbonyl (C=O) groups excluding carboxylic acids is 3. The third-order valence-electron chi connectivity index (χ3n) is 4.74. The molecule has 3 amide bonds. The highest BCUT2D eigenvalue weighted by molar-refractivity contribution is 6.04. The summed E-state index contributed by atoms with van der Waals surface area (Å²) in [6, 6.07) is -0.364. The molecule has 2 aliphatic heterocycles. The number of methoxy groups -OCH3 is 1. The third-order valence-corrected chi connectivity index (χ3v) is 4.74. The number of aromatic nitrogens is 2. The number of nitrogens with zero attached hydrogens (tertiary/aromatic N) is 4. The van der Waals surface area contributed by atoms with Crippen molar-refractivity contribution in [1.29, 1.82) is 0 Å². The lowest BCUT2D eigenvalue weighted by molar-refractivity contribution is -0.142. The van der Waals surface area contributed by atoms with Gasteiger partial charge in [-0.2, -0.15) is 4.98 Å². The minimum Gasteiger partial charge on any atom is -0.433 e. The van der Waals surface area contributed by atoms with Gasteiger partial charge in [0.15, 0.2) is 11.4 Å². The molecule has 3 heterocycles. The first-order valence-corrected chi connectivity index (χ1v) is 8.99. The Kier molecular flexibility index (Phi) is 5.45.